The highest BCUT2D eigenvalue weighted by Crippen LogP contribution is 2.24. The first-order valence-corrected chi connectivity index (χ1v) is 10.7. The Morgan fingerprint density at radius 3 is 2.00 bits per heavy atom. The quantitative estimate of drug-likeness (QED) is 0.346. The van der Waals surface area contributed by atoms with E-state index in [9.17, 15) is 8.42 Å². The van der Waals surface area contributed by atoms with E-state index in [1.165, 1.54) is 57.6 Å². The summed E-state index contributed by atoms with van der Waals surface area (Å²) in [5.41, 5.74) is 1.20. The van der Waals surface area contributed by atoms with E-state index in [0.29, 0.717) is 5.92 Å². The summed E-state index contributed by atoms with van der Waals surface area (Å²) in [6.45, 7) is 6.82. The van der Waals surface area contributed by atoms with Crippen LogP contribution < -0.4 is 0 Å². The summed E-state index contributed by atoms with van der Waals surface area (Å²) in [5, 5.41) is 0. The molecule has 0 bridgehead atoms. The molecule has 24 heavy (non-hydrogen) atoms. The van der Waals surface area contributed by atoms with Gasteiger partial charge in [-0.15, -0.1) is 0 Å². The SMILES string of the molecule is CCC(C)CCCCCCCC(C)c1ccc(S(=O)(=O)OC)cc1. The van der Waals surface area contributed by atoms with Gasteiger partial charge in [-0.3, -0.25) is 4.18 Å². The molecule has 138 valence electrons. The van der Waals surface area contributed by atoms with Gasteiger partial charge in [0.2, 0.25) is 0 Å². The highest BCUT2D eigenvalue weighted by atomic mass is 32.2. The van der Waals surface area contributed by atoms with Crippen LogP contribution in [0.1, 0.15) is 83.6 Å². The number of hydrogen-bond acceptors (Lipinski definition) is 3. The van der Waals surface area contributed by atoms with Gasteiger partial charge in [-0.25, -0.2) is 0 Å². The molecular formula is C20H34O3S. The van der Waals surface area contributed by atoms with Gasteiger partial charge in [0.25, 0.3) is 10.1 Å². The second-order valence-electron chi connectivity index (χ2n) is 6.95. The number of hydrogen-bond donors (Lipinski definition) is 0. The molecule has 1 aromatic carbocycles. The summed E-state index contributed by atoms with van der Waals surface area (Å²) in [5.74, 6) is 1.33. The summed E-state index contributed by atoms with van der Waals surface area (Å²) in [4.78, 5) is 0.224. The highest BCUT2D eigenvalue weighted by molar-refractivity contribution is 7.86. The van der Waals surface area contributed by atoms with E-state index in [1.807, 2.05) is 12.1 Å². The van der Waals surface area contributed by atoms with E-state index in [1.54, 1.807) is 12.1 Å². The minimum absolute atomic E-state index is 0.224. The molecule has 2 unspecified atom stereocenters. The first-order valence-electron chi connectivity index (χ1n) is 9.31. The molecule has 0 aliphatic heterocycles. The molecule has 1 aromatic rings. The summed E-state index contributed by atoms with van der Waals surface area (Å²) in [6.07, 6.45) is 10.4. The minimum Gasteiger partial charge on any atom is -0.270 e. The summed E-state index contributed by atoms with van der Waals surface area (Å²) in [6, 6.07) is 7.09. The molecule has 0 aliphatic rings. The van der Waals surface area contributed by atoms with Crippen molar-refractivity contribution in [3.8, 4) is 0 Å². The maximum Gasteiger partial charge on any atom is 0.296 e. The zero-order chi connectivity index (χ0) is 18.0. The molecule has 0 heterocycles. The average molecular weight is 355 g/mol. The highest BCUT2D eigenvalue weighted by Gasteiger charge is 2.13. The molecule has 0 spiro atoms. The second kappa shape index (κ2) is 10.9. The summed E-state index contributed by atoms with van der Waals surface area (Å²) < 4.78 is 27.8. The van der Waals surface area contributed by atoms with Crippen LogP contribution in [-0.2, 0) is 14.3 Å². The van der Waals surface area contributed by atoms with Gasteiger partial charge >= 0.3 is 0 Å². The lowest BCUT2D eigenvalue weighted by molar-refractivity contribution is 0.397. The Balaban J connectivity index is 2.27. The molecule has 0 radical (unpaired) electrons. The van der Waals surface area contributed by atoms with Crippen LogP contribution in [0.25, 0.3) is 0 Å². The van der Waals surface area contributed by atoms with Crippen LogP contribution in [0.15, 0.2) is 29.2 Å². The van der Waals surface area contributed by atoms with Crippen LogP contribution in [0, 0.1) is 5.92 Å². The predicted octanol–water partition coefficient (Wildman–Crippen LogP) is 5.90. The number of benzene rings is 1. The fourth-order valence-electron chi connectivity index (χ4n) is 2.90. The Hall–Kier alpha value is -0.870. The van der Waals surface area contributed by atoms with Crippen LogP contribution in [0.3, 0.4) is 0 Å². The van der Waals surface area contributed by atoms with Crippen molar-refractivity contribution in [1.82, 2.24) is 0 Å². The van der Waals surface area contributed by atoms with E-state index in [0.717, 1.165) is 12.3 Å². The Labute approximate surface area is 148 Å². The standard InChI is InChI=1S/C20H34O3S/c1-5-17(2)11-9-7-6-8-10-12-18(3)19-13-15-20(16-14-19)24(21,22)23-4/h13-18H,5-12H2,1-4H3. The zero-order valence-electron chi connectivity index (χ0n) is 15.8. The lowest BCUT2D eigenvalue weighted by Gasteiger charge is -2.12. The Bertz CT molecular complexity index is 549. The van der Waals surface area contributed by atoms with Crippen LogP contribution in [0.2, 0.25) is 0 Å². The molecule has 0 N–H and O–H groups in total. The van der Waals surface area contributed by atoms with E-state index < -0.39 is 10.1 Å². The van der Waals surface area contributed by atoms with Gasteiger partial charge in [-0.2, -0.15) is 8.42 Å². The second-order valence-corrected chi connectivity index (χ2v) is 8.66. The third-order valence-corrected chi connectivity index (χ3v) is 6.28. The molecule has 0 amide bonds. The van der Waals surface area contributed by atoms with Crippen molar-refractivity contribution in [1.29, 1.82) is 0 Å². The van der Waals surface area contributed by atoms with Crippen molar-refractivity contribution < 1.29 is 12.6 Å². The predicted molar refractivity (Wildman–Crippen MR) is 101 cm³/mol. The fourth-order valence-corrected chi connectivity index (χ4v) is 3.57. The van der Waals surface area contributed by atoms with Gasteiger partial charge in [0.1, 0.15) is 0 Å². The monoisotopic (exact) mass is 354 g/mol. The first kappa shape index (κ1) is 21.2. The molecule has 0 fully saturated rings. The Kier molecular flexibility index (Phi) is 9.60. The van der Waals surface area contributed by atoms with Crippen LogP contribution in [0.5, 0.6) is 0 Å². The van der Waals surface area contributed by atoms with Crippen molar-refractivity contribution in [3.05, 3.63) is 29.8 Å². The molecule has 0 aromatic heterocycles. The van der Waals surface area contributed by atoms with E-state index in [2.05, 4.69) is 25.0 Å². The first-order chi connectivity index (χ1) is 11.4. The fraction of sp³-hybridized carbons (Fsp3) is 0.700. The third kappa shape index (κ3) is 7.35. The Morgan fingerprint density at radius 2 is 1.46 bits per heavy atom. The third-order valence-electron chi connectivity index (χ3n) is 4.99. The zero-order valence-corrected chi connectivity index (χ0v) is 16.6. The largest absolute Gasteiger partial charge is 0.296 e. The summed E-state index contributed by atoms with van der Waals surface area (Å²) in [7, 11) is -2.39. The molecular weight excluding hydrogens is 320 g/mol. The van der Waals surface area contributed by atoms with Crippen LogP contribution in [-0.4, -0.2) is 15.5 Å². The normalized spacial score (nSPS) is 14.5. The van der Waals surface area contributed by atoms with Gasteiger partial charge in [0.15, 0.2) is 0 Å². The molecule has 2 atom stereocenters. The van der Waals surface area contributed by atoms with Gasteiger partial charge < -0.3 is 0 Å². The van der Waals surface area contributed by atoms with Crippen molar-refractivity contribution in [2.24, 2.45) is 5.92 Å². The van der Waals surface area contributed by atoms with Crippen molar-refractivity contribution in [2.45, 2.75) is 83.0 Å². The van der Waals surface area contributed by atoms with E-state index in [-0.39, 0.29) is 4.90 Å². The maximum absolute atomic E-state index is 11.6. The molecule has 0 saturated heterocycles. The molecule has 0 saturated carbocycles. The molecule has 0 aliphatic carbocycles. The van der Waals surface area contributed by atoms with Gasteiger partial charge in [0.05, 0.1) is 12.0 Å². The van der Waals surface area contributed by atoms with Gasteiger partial charge in [-0.1, -0.05) is 77.8 Å². The van der Waals surface area contributed by atoms with Crippen LogP contribution in [0.4, 0.5) is 0 Å². The van der Waals surface area contributed by atoms with Gasteiger partial charge in [0, 0.05) is 0 Å². The molecule has 1 rings (SSSR count). The lowest BCUT2D eigenvalue weighted by atomic mass is 9.94. The molecule has 4 heteroatoms. The van der Waals surface area contributed by atoms with Crippen molar-refractivity contribution in [3.63, 3.8) is 0 Å². The number of unbranched alkanes of at least 4 members (excludes halogenated alkanes) is 4. The summed E-state index contributed by atoms with van der Waals surface area (Å²) >= 11 is 0. The lowest BCUT2D eigenvalue weighted by Crippen LogP contribution is -2.03. The van der Waals surface area contributed by atoms with E-state index in [4.69, 9.17) is 0 Å². The van der Waals surface area contributed by atoms with Crippen molar-refractivity contribution >= 4 is 10.1 Å². The average Bonchev–Trinajstić information content (AvgIpc) is 2.60. The topological polar surface area (TPSA) is 43.4 Å². The molecule has 3 nitrogen and oxygen atoms in total. The van der Waals surface area contributed by atoms with Crippen LogP contribution >= 0.6 is 0 Å². The van der Waals surface area contributed by atoms with E-state index >= 15 is 0 Å². The Morgan fingerprint density at radius 1 is 0.917 bits per heavy atom. The minimum atomic E-state index is -3.58. The van der Waals surface area contributed by atoms with Gasteiger partial charge in [-0.05, 0) is 36.0 Å². The maximum atomic E-state index is 11.6. The van der Waals surface area contributed by atoms with Crippen molar-refractivity contribution in [2.75, 3.05) is 7.11 Å². The number of rotatable bonds is 12. The smallest absolute Gasteiger partial charge is 0.270 e.